The van der Waals surface area contributed by atoms with E-state index in [1.54, 1.807) is 11.3 Å². The van der Waals surface area contributed by atoms with Gasteiger partial charge in [0.1, 0.15) is 5.01 Å². The van der Waals surface area contributed by atoms with Crippen LogP contribution in [0, 0.1) is 13.8 Å². The van der Waals surface area contributed by atoms with Crippen molar-refractivity contribution >= 4 is 45.7 Å². The van der Waals surface area contributed by atoms with E-state index in [4.69, 9.17) is 10.2 Å². The van der Waals surface area contributed by atoms with E-state index >= 15 is 0 Å². The normalized spacial score (nSPS) is 19.9. The van der Waals surface area contributed by atoms with Crippen molar-refractivity contribution in [2.75, 3.05) is 5.32 Å². The van der Waals surface area contributed by atoms with E-state index in [9.17, 15) is 14.4 Å². The van der Waals surface area contributed by atoms with Gasteiger partial charge in [-0.3, -0.25) is 10.1 Å². The molecule has 2 saturated carbocycles. The summed E-state index contributed by atoms with van der Waals surface area (Å²) in [6.45, 7) is 3.99. The molecule has 166 valence electrons. The Hall–Kier alpha value is -2.63. The van der Waals surface area contributed by atoms with Crippen LogP contribution in [0.5, 0.6) is 0 Å². The lowest BCUT2D eigenvalue weighted by Crippen LogP contribution is -2.37. The predicted molar refractivity (Wildman–Crippen MR) is 118 cm³/mol. The minimum Gasteiger partial charge on any atom is -0.478 e. The zero-order chi connectivity index (χ0) is 22.5. The second-order valence-corrected chi connectivity index (χ2v) is 9.89. The Morgan fingerprint density at radius 3 is 2.29 bits per heavy atom. The van der Waals surface area contributed by atoms with E-state index in [2.05, 4.69) is 33.8 Å². The third-order valence-electron chi connectivity index (χ3n) is 5.04. The topological polar surface area (TPSA) is 142 Å². The number of carbonyl (C=O) groups is 3. The van der Waals surface area contributed by atoms with Crippen molar-refractivity contribution < 1.29 is 24.6 Å². The van der Waals surface area contributed by atoms with Gasteiger partial charge >= 0.3 is 11.9 Å². The van der Waals surface area contributed by atoms with Crippen LogP contribution in [-0.2, 0) is 9.59 Å². The van der Waals surface area contributed by atoms with Gasteiger partial charge in [-0.25, -0.2) is 9.59 Å². The Morgan fingerprint density at radius 1 is 1.10 bits per heavy atom. The molecular weight excluding hydrogens is 440 g/mol. The molecular formula is C20H24N4O5S2. The smallest absolute Gasteiger partial charge is 0.328 e. The molecule has 0 spiro atoms. The van der Waals surface area contributed by atoms with Crippen LogP contribution in [0.15, 0.2) is 18.2 Å². The molecule has 0 bridgehead atoms. The fraction of sp³-hybridized carbons (Fsp3) is 0.450. The van der Waals surface area contributed by atoms with Crippen molar-refractivity contribution in [2.24, 2.45) is 0 Å². The summed E-state index contributed by atoms with van der Waals surface area (Å²) in [6.07, 6.45) is 6.32. The Labute approximate surface area is 187 Å². The predicted octanol–water partition coefficient (Wildman–Crippen LogP) is 3.18. The number of thiophene rings is 1. The molecule has 0 aromatic carbocycles. The Balaban J connectivity index is 0.000000293. The van der Waals surface area contributed by atoms with Gasteiger partial charge in [-0.15, -0.1) is 21.5 Å². The zero-order valence-electron chi connectivity index (χ0n) is 17.1. The van der Waals surface area contributed by atoms with Crippen molar-refractivity contribution in [1.29, 1.82) is 0 Å². The molecule has 0 aliphatic heterocycles. The third kappa shape index (κ3) is 6.68. The van der Waals surface area contributed by atoms with Crippen LogP contribution in [-0.4, -0.2) is 50.3 Å². The second-order valence-electron chi connectivity index (χ2n) is 7.46. The molecule has 0 saturated heterocycles. The van der Waals surface area contributed by atoms with Crippen molar-refractivity contribution in [3.8, 4) is 0 Å². The molecule has 2 aromatic heterocycles. The number of rotatable bonds is 7. The second kappa shape index (κ2) is 10.1. The minimum atomic E-state index is -1.26. The van der Waals surface area contributed by atoms with Crippen molar-refractivity contribution in [2.45, 2.75) is 57.5 Å². The number of aliphatic carboxylic acids is 2. The summed E-state index contributed by atoms with van der Waals surface area (Å²) in [7, 11) is 0. The molecule has 0 radical (unpaired) electrons. The highest BCUT2D eigenvalue weighted by Crippen LogP contribution is 2.45. The number of nitrogens with zero attached hydrogens (tertiary/aromatic N) is 2. The fourth-order valence-electron chi connectivity index (χ4n) is 3.23. The van der Waals surface area contributed by atoms with Gasteiger partial charge in [-0.05, 0) is 44.7 Å². The van der Waals surface area contributed by atoms with E-state index in [0.717, 1.165) is 15.9 Å². The number of aryl methyl sites for hydroxylation is 2. The van der Waals surface area contributed by atoms with Crippen molar-refractivity contribution in [1.82, 2.24) is 15.5 Å². The number of carboxylic acids is 2. The summed E-state index contributed by atoms with van der Waals surface area (Å²) in [5.74, 6) is -2.01. The third-order valence-corrected chi connectivity index (χ3v) is 6.86. The maximum Gasteiger partial charge on any atom is 0.328 e. The van der Waals surface area contributed by atoms with E-state index in [-0.39, 0.29) is 5.91 Å². The van der Waals surface area contributed by atoms with Gasteiger partial charge in [-0.2, -0.15) is 0 Å². The first kappa shape index (κ1) is 23.0. The van der Waals surface area contributed by atoms with Gasteiger partial charge in [0, 0.05) is 35.0 Å². The molecule has 9 nitrogen and oxygen atoms in total. The molecule has 31 heavy (non-hydrogen) atoms. The van der Waals surface area contributed by atoms with Gasteiger partial charge in [0.2, 0.25) is 5.13 Å². The van der Waals surface area contributed by atoms with Crippen LogP contribution in [0.25, 0.3) is 0 Å². The van der Waals surface area contributed by atoms with Gasteiger partial charge in [0.15, 0.2) is 0 Å². The lowest BCUT2D eigenvalue weighted by Gasteiger charge is -2.26. The van der Waals surface area contributed by atoms with Gasteiger partial charge < -0.3 is 15.5 Å². The summed E-state index contributed by atoms with van der Waals surface area (Å²) in [4.78, 5) is 33.5. The van der Waals surface area contributed by atoms with Gasteiger partial charge in [0.05, 0.1) is 4.88 Å². The summed E-state index contributed by atoms with van der Waals surface area (Å²) in [5, 5.41) is 31.5. The molecule has 4 N–H and O–H groups in total. The average molecular weight is 465 g/mol. The van der Waals surface area contributed by atoms with Crippen LogP contribution in [0.3, 0.4) is 0 Å². The number of carbonyl (C=O) groups excluding carboxylic acids is 1. The lowest BCUT2D eigenvalue weighted by atomic mass is 9.93. The van der Waals surface area contributed by atoms with E-state index in [0.29, 0.717) is 29.2 Å². The fourth-order valence-corrected chi connectivity index (χ4v) is 4.80. The maximum atomic E-state index is 12.4. The maximum absolute atomic E-state index is 12.4. The molecule has 2 atom stereocenters. The van der Waals surface area contributed by atoms with Gasteiger partial charge in [-0.1, -0.05) is 17.8 Å². The van der Waals surface area contributed by atoms with Gasteiger partial charge in [0.25, 0.3) is 5.91 Å². The average Bonchev–Trinajstić information content (AvgIpc) is 3.14. The van der Waals surface area contributed by atoms with Crippen LogP contribution >= 0.6 is 22.7 Å². The minimum absolute atomic E-state index is 0.0790. The lowest BCUT2D eigenvalue weighted by molar-refractivity contribution is -0.134. The zero-order valence-corrected chi connectivity index (χ0v) is 18.8. The number of hydrogen-bond acceptors (Lipinski definition) is 8. The molecule has 2 aliphatic carbocycles. The Kier molecular flexibility index (Phi) is 7.52. The molecule has 1 amide bonds. The number of aromatic nitrogens is 2. The highest BCUT2D eigenvalue weighted by Gasteiger charge is 2.41. The van der Waals surface area contributed by atoms with Crippen LogP contribution < -0.4 is 10.6 Å². The SMILES string of the molecule is Cc1nnc(NC(=O)c2cc([C@@H]3C[C@H]3NC3CCC3)c(C)s2)s1.O=C(O)/C=C/C(=O)O. The van der Waals surface area contributed by atoms with Crippen LogP contribution in [0.4, 0.5) is 5.13 Å². The summed E-state index contributed by atoms with van der Waals surface area (Å²) < 4.78 is 0. The first-order chi connectivity index (χ1) is 14.7. The number of nitrogens with one attached hydrogen (secondary N) is 2. The number of amides is 1. The highest BCUT2D eigenvalue weighted by atomic mass is 32.1. The summed E-state index contributed by atoms with van der Waals surface area (Å²) in [6, 6.07) is 3.40. The van der Waals surface area contributed by atoms with Crippen LogP contribution in [0.2, 0.25) is 0 Å². The largest absolute Gasteiger partial charge is 0.478 e. The highest BCUT2D eigenvalue weighted by molar-refractivity contribution is 7.16. The van der Waals surface area contributed by atoms with E-state index in [1.165, 1.54) is 47.5 Å². The number of carboxylic acid groups (broad SMARTS) is 2. The Morgan fingerprint density at radius 2 is 1.77 bits per heavy atom. The molecule has 2 heterocycles. The number of anilines is 1. The molecule has 2 aliphatic rings. The van der Waals surface area contributed by atoms with E-state index < -0.39 is 11.9 Å². The summed E-state index contributed by atoms with van der Waals surface area (Å²) in [5.41, 5.74) is 1.34. The van der Waals surface area contributed by atoms with Crippen molar-refractivity contribution in [3.05, 3.63) is 38.5 Å². The first-order valence-corrected chi connectivity index (χ1v) is 11.5. The standard InChI is InChI=1S/C16H20N4OS2.C4H4O4/c1-8-11(12-6-13(12)17-10-4-3-5-10)7-14(22-8)15(21)18-16-20-19-9(2)23-16;5-3(6)1-2-4(7)8/h7,10,12-13,17H,3-6H2,1-2H3,(H,18,20,21);1-2H,(H,5,6)(H,7,8)/b;2-1+/t12-,13+;/m0./s1. The monoisotopic (exact) mass is 464 g/mol. The molecule has 0 unspecified atom stereocenters. The van der Waals surface area contributed by atoms with Crippen molar-refractivity contribution in [3.63, 3.8) is 0 Å². The Bertz CT molecular complexity index is 980. The number of hydrogen-bond donors (Lipinski definition) is 4. The first-order valence-electron chi connectivity index (χ1n) is 9.84. The van der Waals surface area contributed by atoms with Crippen LogP contribution in [0.1, 0.15) is 56.7 Å². The molecule has 11 heteroatoms. The van der Waals surface area contributed by atoms with E-state index in [1.807, 2.05) is 6.92 Å². The molecule has 4 rings (SSSR count). The molecule has 2 aromatic rings. The molecule has 2 fully saturated rings. The summed E-state index contributed by atoms with van der Waals surface area (Å²) >= 11 is 2.97. The quantitative estimate of drug-likeness (QED) is 0.458.